The van der Waals surface area contributed by atoms with Crippen molar-refractivity contribution in [1.29, 1.82) is 0 Å². The van der Waals surface area contributed by atoms with E-state index in [0.29, 0.717) is 23.3 Å². The van der Waals surface area contributed by atoms with Crippen molar-refractivity contribution < 1.29 is 9.32 Å². The van der Waals surface area contributed by atoms with Crippen LogP contribution in [0.5, 0.6) is 0 Å². The van der Waals surface area contributed by atoms with Crippen LogP contribution < -0.4 is 5.73 Å². The van der Waals surface area contributed by atoms with Gasteiger partial charge in [0.05, 0.1) is 5.92 Å². The van der Waals surface area contributed by atoms with E-state index in [1.54, 1.807) is 0 Å². The molecule has 0 radical (unpaired) electrons. The van der Waals surface area contributed by atoms with Gasteiger partial charge in [-0.05, 0) is 56.4 Å². The van der Waals surface area contributed by atoms with Crippen molar-refractivity contribution in [2.45, 2.75) is 50.5 Å². The van der Waals surface area contributed by atoms with Crippen molar-refractivity contribution in [2.24, 2.45) is 11.7 Å². The molecule has 0 bridgehead atoms. The number of carbonyl (C=O) groups is 1. The molecule has 144 valence electrons. The van der Waals surface area contributed by atoms with Crippen LogP contribution in [0.2, 0.25) is 5.02 Å². The Labute approximate surface area is 164 Å². The Hall–Kier alpha value is -1.92. The lowest BCUT2D eigenvalue weighted by Gasteiger charge is -2.35. The fraction of sp³-hybridized carbons (Fsp3) is 0.550. The maximum Gasteiger partial charge on any atom is 0.231 e. The van der Waals surface area contributed by atoms with Gasteiger partial charge in [0, 0.05) is 35.6 Å². The van der Waals surface area contributed by atoms with E-state index < -0.39 is 0 Å². The molecule has 0 spiro atoms. The molecule has 3 unspecified atom stereocenters. The number of amides is 1. The van der Waals surface area contributed by atoms with Crippen LogP contribution in [0.4, 0.5) is 0 Å². The summed E-state index contributed by atoms with van der Waals surface area (Å²) in [6, 6.07) is 7.53. The van der Waals surface area contributed by atoms with Gasteiger partial charge in [-0.25, -0.2) is 0 Å². The van der Waals surface area contributed by atoms with Crippen LogP contribution >= 0.6 is 11.6 Å². The highest BCUT2D eigenvalue weighted by atomic mass is 35.5. The minimum atomic E-state index is 0.0693. The standard InChI is InChI=1S/C20H25ClN4O2/c21-16-8-6-13(7-9-16)18-23-19(27-24-18)15-4-2-10-25(12-15)20(26)14-3-1-5-17(22)11-14/h6-9,14-15,17H,1-5,10-12,22H2. The van der Waals surface area contributed by atoms with E-state index in [1.807, 2.05) is 29.2 Å². The number of piperidine rings is 1. The van der Waals surface area contributed by atoms with Crippen LogP contribution in [0.3, 0.4) is 0 Å². The normalized spacial score (nSPS) is 26.1. The van der Waals surface area contributed by atoms with Crippen LogP contribution in [0.1, 0.15) is 50.3 Å². The molecule has 1 aromatic carbocycles. The van der Waals surface area contributed by atoms with Crippen molar-refractivity contribution in [2.75, 3.05) is 13.1 Å². The highest BCUT2D eigenvalue weighted by molar-refractivity contribution is 6.30. The average Bonchev–Trinajstić information content (AvgIpc) is 3.18. The number of hydrogen-bond donors (Lipinski definition) is 1. The summed E-state index contributed by atoms with van der Waals surface area (Å²) in [5, 5.41) is 4.78. The molecule has 2 heterocycles. The molecule has 7 heteroatoms. The lowest BCUT2D eigenvalue weighted by Crippen LogP contribution is -2.44. The van der Waals surface area contributed by atoms with Crippen LogP contribution in [-0.4, -0.2) is 40.1 Å². The van der Waals surface area contributed by atoms with E-state index in [2.05, 4.69) is 10.1 Å². The summed E-state index contributed by atoms with van der Waals surface area (Å²) in [7, 11) is 0. The Bertz CT molecular complexity index is 792. The molecule has 2 N–H and O–H groups in total. The predicted molar refractivity (Wildman–Crippen MR) is 103 cm³/mol. The minimum Gasteiger partial charge on any atom is -0.342 e. The third-order valence-electron chi connectivity index (χ3n) is 5.69. The van der Waals surface area contributed by atoms with E-state index in [4.69, 9.17) is 21.9 Å². The molecule has 1 aliphatic carbocycles. The molecule has 1 saturated carbocycles. The zero-order valence-electron chi connectivity index (χ0n) is 15.3. The molecule has 1 amide bonds. The van der Waals surface area contributed by atoms with E-state index in [0.717, 1.165) is 50.6 Å². The van der Waals surface area contributed by atoms with Gasteiger partial charge < -0.3 is 15.2 Å². The van der Waals surface area contributed by atoms with Gasteiger partial charge in [-0.3, -0.25) is 4.79 Å². The Morgan fingerprint density at radius 3 is 2.78 bits per heavy atom. The lowest BCUT2D eigenvalue weighted by molar-refractivity contribution is -0.138. The number of halogens is 1. The minimum absolute atomic E-state index is 0.0693. The summed E-state index contributed by atoms with van der Waals surface area (Å²) in [5.74, 6) is 1.57. The monoisotopic (exact) mass is 388 g/mol. The number of carbonyl (C=O) groups excluding carboxylic acids is 1. The predicted octanol–water partition coefficient (Wildman–Crippen LogP) is 3.61. The number of nitrogens with two attached hydrogens (primary N) is 1. The molecule has 1 aliphatic heterocycles. The van der Waals surface area contributed by atoms with Crippen molar-refractivity contribution in [1.82, 2.24) is 15.0 Å². The first kappa shape index (κ1) is 18.4. The summed E-state index contributed by atoms with van der Waals surface area (Å²) < 4.78 is 5.53. The van der Waals surface area contributed by atoms with Crippen molar-refractivity contribution in [3.8, 4) is 11.4 Å². The van der Waals surface area contributed by atoms with Crippen LogP contribution in [-0.2, 0) is 4.79 Å². The Morgan fingerprint density at radius 1 is 1.19 bits per heavy atom. The maximum absolute atomic E-state index is 12.9. The van der Waals surface area contributed by atoms with Gasteiger partial charge >= 0.3 is 0 Å². The second kappa shape index (κ2) is 7.98. The van der Waals surface area contributed by atoms with Crippen molar-refractivity contribution >= 4 is 17.5 Å². The molecular formula is C20H25ClN4O2. The molecule has 2 aliphatic rings. The van der Waals surface area contributed by atoms with E-state index in [9.17, 15) is 4.79 Å². The van der Waals surface area contributed by atoms with Gasteiger partial charge in [-0.15, -0.1) is 0 Å². The number of rotatable bonds is 3. The summed E-state index contributed by atoms with van der Waals surface area (Å²) in [4.78, 5) is 19.5. The van der Waals surface area contributed by atoms with Crippen molar-refractivity contribution in [3.05, 3.63) is 35.2 Å². The van der Waals surface area contributed by atoms with Crippen LogP contribution in [0.25, 0.3) is 11.4 Å². The molecule has 2 fully saturated rings. The first-order valence-electron chi connectivity index (χ1n) is 9.74. The van der Waals surface area contributed by atoms with Gasteiger partial charge in [0.15, 0.2) is 0 Å². The molecule has 6 nitrogen and oxygen atoms in total. The smallest absolute Gasteiger partial charge is 0.231 e. The molecule has 1 aromatic heterocycles. The number of nitrogens with zero attached hydrogens (tertiary/aromatic N) is 3. The first-order valence-corrected chi connectivity index (χ1v) is 10.1. The zero-order valence-corrected chi connectivity index (χ0v) is 16.1. The number of hydrogen-bond acceptors (Lipinski definition) is 5. The molecule has 3 atom stereocenters. The second-order valence-electron chi connectivity index (χ2n) is 7.71. The van der Waals surface area contributed by atoms with Crippen LogP contribution in [0, 0.1) is 5.92 Å². The Balaban J connectivity index is 1.44. The Morgan fingerprint density at radius 2 is 2.00 bits per heavy atom. The van der Waals surface area contributed by atoms with Gasteiger partial charge in [0.1, 0.15) is 0 Å². The van der Waals surface area contributed by atoms with E-state index >= 15 is 0 Å². The molecule has 1 saturated heterocycles. The SMILES string of the molecule is NC1CCCC(C(=O)N2CCCC(c3nc(-c4ccc(Cl)cc4)no3)C2)C1. The van der Waals surface area contributed by atoms with Gasteiger partial charge in [0.2, 0.25) is 17.6 Å². The summed E-state index contributed by atoms with van der Waals surface area (Å²) >= 11 is 5.94. The van der Waals surface area contributed by atoms with E-state index in [1.165, 1.54) is 0 Å². The van der Waals surface area contributed by atoms with Crippen molar-refractivity contribution in [3.63, 3.8) is 0 Å². The molecule has 4 rings (SSSR count). The number of likely N-dealkylation sites (tertiary alicyclic amines) is 1. The van der Waals surface area contributed by atoms with E-state index in [-0.39, 0.29) is 23.8 Å². The number of benzene rings is 1. The quantitative estimate of drug-likeness (QED) is 0.867. The number of aromatic nitrogens is 2. The first-order chi connectivity index (χ1) is 13.1. The second-order valence-corrected chi connectivity index (χ2v) is 8.15. The van der Waals surface area contributed by atoms with Gasteiger partial charge in [-0.1, -0.05) is 23.2 Å². The zero-order chi connectivity index (χ0) is 18.8. The Kier molecular flexibility index (Phi) is 5.45. The lowest BCUT2D eigenvalue weighted by atomic mass is 9.84. The highest BCUT2D eigenvalue weighted by Gasteiger charge is 2.33. The third-order valence-corrected chi connectivity index (χ3v) is 5.94. The molecule has 27 heavy (non-hydrogen) atoms. The summed E-state index contributed by atoms with van der Waals surface area (Å²) in [6.07, 6.45) is 5.74. The summed E-state index contributed by atoms with van der Waals surface area (Å²) in [5.41, 5.74) is 6.94. The maximum atomic E-state index is 12.9. The third kappa shape index (κ3) is 4.17. The molecule has 2 aromatic rings. The largest absolute Gasteiger partial charge is 0.342 e. The summed E-state index contributed by atoms with van der Waals surface area (Å²) in [6.45, 7) is 1.45. The average molecular weight is 389 g/mol. The highest BCUT2D eigenvalue weighted by Crippen LogP contribution is 2.31. The molecular weight excluding hydrogens is 364 g/mol. The van der Waals surface area contributed by atoms with Crippen LogP contribution in [0.15, 0.2) is 28.8 Å². The van der Waals surface area contributed by atoms with Gasteiger partial charge in [-0.2, -0.15) is 4.98 Å². The topological polar surface area (TPSA) is 85.3 Å². The van der Waals surface area contributed by atoms with Gasteiger partial charge in [0.25, 0.3) is 0 Å². The fourth-order valence-electron chi connectivity index (χ4n) is 4.21. The fourth-order valence-corrected chi connectivity index (χ4v) is 4.33.